The first-order valence-electron chi connectivity index (χ1n) is 7.39. The van der Waals surface area contributed by atoms with Gasteiger partial charge >= 0.3 is 0 Å². The first-order chi connectivity index (χ1) is 11.9. The van der Waals surface area contributed by atoms with Crippen LogP contribution in [0.1, 0.15) is 11.1 Å². The SMILES string of the molecule is COc1cc(C)c(C)cc1S(=O)(=O)Nc1cc(-n2ccnc2)ncn1. The zero-order valence-corrected chi connectivity index (χ0v) is 14.8. The van der Waals surface area contributed by atoms with Gasteiger partial charge < -0.3 is 4.74 Å². The molecule has 8 nitrogen and oxygen atoms in total. The Balaban J connectivity index is 1.98. The smallest absolute Gasteiger partial charge is 0.266 e. The summed E-state index contributed by atoms with van der Waals surface area (Å²) in [6, 6.07) is 4.79. The van der Waals surface area contributed by atoms with Crippen molar-refractivity contribution in [2.75, 3.05) is 11.8 Å². The summed E-state index contributed by atoms with van der Waals surface area (Å²) >= 11 is 0. The summed E-state index contributed by atoms with van der Waals surface area (Å²) in [6.45, 7) is 3.74. The fourth-order valence-corrected chi connectivity index (χ4v) is 3.50. The molecule has 3 aromatic rings. The second kappa shape index (κ2) is 6.52. The molecule has 2 heterocycles. The van der Waals surface area contributed by atoms with Crippen LogP contribution in [-0.4, -0.2) is 35.0 Å². The number of rotatable bonds is 5. The quantitative estimate of drug-likeness (QED) is 0.749. The third kappa shape index (κ3) is 3.45. The molecule has 3 rings (SSSR count). The number of hydrogen-bond acceptors (Lipinski definition) is 6. The average Bonchev–Trinajstić information content (AvgIpc) is 3.11. The number of imidazole rings is 1. The Hall–Kier alpha value is -2.94. The molecule has 130 valence electrons. The maximum absolute atomic E-state index is 12.8. The van der Waals surface area contributed by atoms with Gasteiger partial charge in [0.2, 0.25) is 0 Å². The number of ether oxygens (including phenoxy) is 1. The minimum atomic E-state index is -3.87. The van der Waals surface area contributed by atoms with E-state index in [1.807, 2.05) is 13.8 Å². The van der Waals surface area contributed by atoms with Gasteiger partial charge in [-0.15, -0.1) is 0 Å². The highest BCUT2D eigenvalue weighted by molar-refractivity contribution is 7.92. The molecule has 0 fully saturated rings. The van der Waals surface area contributed by atoms with Crippen molar-refractivity contribution >= 4 is 15.8 Å². The summed E-state index contributed by atoms with van der Waals surface area (Å²) < 4.78 is 34.9. The summed E-state index contributed by atoms with van der Waals surface area (Å²) in [5.41, 5.74) is 1.79. The lowest BCUT2D eigenvalue weighted by atomic mass is 10.1. The van der Waals surface area contributed by atoms with Crippen LogP contribution in [-0.2, 0) is 10.0 Å². The van der Waals surface area contributed by atoms with Crippen LogP contribution in [0, 0.1) is 13.8 Å². The lowest BCUT2D eigenvalue weighted by Gasteiger charge is -2.13. The molecule has 0 aliphatic heterocycles. The van der Waals surface area contributed by atoms with E-state index in [1.54, 1.807) is 35.4 Å². The standard InChI is InChI=1S/C16H17N5O3S/c1-11-6-13(24-3)14(7-12(11)2)25(22,23)20-15-8-16(19-9-18-15)21-5-4-17-10-21/h4-10H,1-3H3,(H,18,19,20). The molecular weight excluding hydrogens is 342 g/mol. The Morgan fingerprint density at radius 1 is 1.12 bits per heavy atom. The number of sulfonamides is 1. The van der Waals surface area contributed by atoms with Gasteiger partial charge in [-0.3, -0.25) is 9.29 Å². The van der Waals surface area contributed by atoms with E-state index in [4.69, 9.17) is 4.74 Å². The maximum atomic E-state index is 12.8. The molecule has 0 radical (unpaired) electrons. The maximum Gasteiger partial charge on any atom is 0.266 e. The molecule has 25 heavy (non-hydrogen) atoms. The second-order valence-electron chi connectivity index (χ2n) is 5.42. The van der Waals surface area contributed by atoms with Crippen molar-refractivity contribution in [3.63, 3.8) is 0 Å². The lowest BCUT2D eigenvalue weighted by molar-refractivity contribution is 0.402. The van der Waals surface area contributed by atoms with E-state index in [0.717, 1.165) is 11.1 Å². The highest BCUT2D eigenvalue weighted by atomic mass is 32.2. The number of anilines is 1. The second-order valence-corrected chi connectivity index (χ2v) is 7.08. The van der Waals surface area contributed by atoms with Crippen LogP contribution in [0.5, 0.6) is 5.75 Å². The molecule has 0 aliphatic carbocycles. The predicted molar refractivity (Wildman–Crippen MR) is 92.4 cm³/mol. The van der Waals surface area contributed by atoms with E-state index >= 15 is 0 Å². The molecule has 0 bridgehead atoms. The van der Waals surface area contributed by atoms with Crippen LogP contribution >= 0.6 is 0 Å². The highest BCUT2D eigenvalue weighted by Crippen LogP contribution is 2.28. The molecule has 9 heteroatoms. The van der Waals surface area contributed by atoms with Crippen molar-refractivity contribution in [1.82, 2.24) is 19.5 Å². The van der Waals surface area contributed by atoms with Crippen molar-refractivity contribution in [2.24, 2.45) is 0 Å². The zero-order valence-electron chi connectivity index (χ0n) is 14.0. The number of methoxy groups -OCH3 is 1. The van der Waals surface area contributed by atoms with Crippen LogP contribution < -0.4 is 9.46 Å². The topological polar surface area (TPSA) is 99.0 Å². The number of nitrogens with one attached hydrogen (secondary N) is 1. The van der Waals surface area contributed by atoms with Gasteiger partial charge in [0.15, 0.2) is 0 Å². The van der Waals surface area contributed by atoms with Gasteiger partial charge in [0, 0.05) is 18.5 Å². The monoisotopic (exact) mass is 359 g/mol. The van der Waals surface area contributed by atoms with Gasteiger partial charge in [-0.1, -0.05) is 0 Å². The first kappa shape index (κ1) is 16.9. The molecule has 0 atom stereocenters. The molecule has 0 aliphatic rings. The number of benzene rings is 1. The van der Waals surface area contributed by atoms with Gasteiger partial charge in [0.1, 0.15) is 34.9 Å². The summed E-state index contributed by atoms with van der Waals surface area (Å²) in [4.78, 5) is 12.1. The molecule has 0 saturated heterocycles. The van der Waals surface area contributed by atoms with Crippen molar-refractivity contribution in [1.29, 1.82) is 0 Å². The first-order valence-corrected chi connectivity index (χ1v) is 8.87. The number of nitrogens with zero attached hydrogens (tertiary/aromatic N) is 4. The molecule has 0 saturated carbocycles. The van der Waals surface area contributed by atoms with Crippen LogP contribution in [0.2, 0.25) is 0 Å². The summed E-state index contributed by atoms with van der Waals surface area (Å²) in [7, 11) is -2.44. The summed E-state index contributed by atoms with van der Waals surface area (Å²) in [5, 5.41) is 0. The fraction of sp³-hybridized carbons (Fsp3) is 0.188. The van der Waals surface area contributed by atoms with Gasteiger partial charge in [-0.2, -0.15) is 0 Å². The van der Waals surface area contributed by atoms with Crippen molar-refractivity contribution < 1.29 is 13.2 Å². The number of aryl methyl sites for hydroxylation is 2. The molecular formula is C16H17N5O3S. The third-order valence-corrected chi connectivity index (χ3v) is 5.11. The van der Waals surface area contributed by atoms with Crippen molar-refractivity contribution in [2.45, 2.75) is 18.7 Å². The Morgan fingerprint density at radius 2 is 1.88 bits per heavy atom. The van der Waals surface area contributed by atoms with Gasteiger partial charge in [-0.05, 0) is 37.1 Å². The lowest BCUT2D eigenvalue weighted by Crippen LogP contribution is -2.16. The number of aromatic nitrogens is 4. The molecule has 1 N–H and O–H groups in total. The fourth-order valence-electron chi connectivity index (χ4n) is 2.26. The molecule has 0 amide bonds. The molecule has 1 aromatic carbocycles. The average molecular weight is 359 g/mol. The predicted octanol–water partition coefficient (Wildman–Crippen LogP) is 2.09. The Kier molecular flexibility index (Phi) is 4.41. The van der Waals surface area contributed by atoms with Gasteiger partial charge in [0.25, 0.3) is 10.0 Å². The summed E-state index contributed by atoms with van der Waals surface area (Å²) in [6.07, 6.45) is 6.15. The number of hydrogen-bond donors (Lipinski definition) is 1. The van der Waals surface area contributed by atoms with E-state index in [1.165, 1.54) is 19.5 Å². The van der Waals surface area contributed by atoms with Crippen LogP contribution in [0.4, 0.5) is 5.82 Å². The normalized spacial score (nSPS) is 11.3. The van der Waals surface area contributed by atoms with E-state index in [9.17, 15) is 8.42 Å². The van der Waals surface area contributed by atoms with E-state index in [0.29, 0.717) is 5.82 Å². The molecule has 0 spiro atoms. The van der Waals surface area contributed by atoms with Crippen molar-refractivity contribution in [3.05, 3.63) is 54.4 Å². The molecule has 2 aromatic heterocycles. The zero-order chi connectivity index (χ0) is 18.0. The largest absolute Gasteiger partial charge is 0.495 e. The van der Waals surface area contributed by atoms with Crippen LogP contribution in [0.3, 0.4) is 0 Å². The highest BCUT2D eigenvalue weighted by Gasteiger charge is 2.21. The van der Waals surface area contributed by atoms with Crippen molar-refractivity contribution in [3.8, 4) is 11.6 Å². The van der Waals surface area contributed by atoms with E-state index < -0.39 is 10.0 Å². The Bertz CT molecular complexity index is 1000. The third-order valence-electron chi connectivity index (χ3n) is 3.73. The molecule has 0 unspecified atom stereocenters. The van der Waals surface area contributed by atoms with E-state index in [2.05, 4.69) is 19.7 Å². The van der Waals surface area contributed by atoms with E-state index in [-0.39, 0.29) is 16.5 Å². The minimum Gasteiger partial charge on any atom is -0.495 e. The Morgan fingerprint density at radius 3 is 2.56 bits per heavy atom. The Labute approximate surface area is 145 Å². The van der Waals surface area contributed by atoms with Gasteiger partial charge in [0.05, 0.1) is 7.11 Å². The van der Waals surface area contributed by atoms with Crippen LogP contribution in [0.15, 0.2) is 48.1 Å². The minimum absolute atomic E-state index is 0.0564. The van der Waals surface area contributed by atoms with Crippen LogP contribution in [0.25, 0.3) is 5.82 Å². The van der Waals surface area contributed by atoms with Gasteiger partial charge in [-0.25, -0.2) is 23.4 Å². The summed E-state index contributed by atoms with van der Waals surface area (Å²) in [5.74, 6) is 0.927.